The highest BCUT2D eigenvalue weighted by Crippen LogP contribution is 2.34. The maximum atomic E-state index is 5.79. The molecule has 2 heterocycles. The van der Waals surface area contributed by atoms with E-state index in [1.807, 2.05) is 0 Å². The van der Waals surface area contributed by atoms with Crippen molar-refractivity contribution in [2.75, 3.05) is 31.1 Å². The van der Waals surface area contributed by atoms with Gasteiger partial charge in [0.15, 0.2) is 0 Å². The number of nitrogens with zero attached hydrogens (tertiary/aromatic N) is 1. The number of hydrogen-bond donors (Lipinski definition) is 1. The van der Waals surface area contributed by atoms with Crippen molar-refractivity contribution in [1.29, 1.82) is 0 Å². The topological polar surface area (TPSA) is 24.5 Å². The van der Waals surface area contributed by atoms with E-state index in [0.717, 1.165) is 26.2 Å². The van der Waals surface area contributed by atoms with Crippen LogP contribution in [-0.2, 0) is 4.74 Å². The predicted octanol–water partition coefficient (Wildman–Crippen LogP) is 2.73. The molecule has 0 bridgehead atoms. The fourth-order valence-corrected chi connectivity index (χ4v) is 3.31. The number of fused-ring (bicyclic) bond motifs is 1. The van der Waals surface area contributed by atoms with Gasteiger partial charge in [-0.05, 0) is 37.4 Å². The van der Waals surface area contributed by atoms with Gasteiger partial charge in [0.05, 0.1) is 6.10 Å². The zero-order valence-electron chi connectivity index (χ0n) is 11.8. The van der Waals surface area contributed by atoms with Crippen LogP contribution in [0.2, 0.25) is 0 Å². The van der Waals surface area contributed by atoms with Gasteiger partial charge in [-0.1, -0.05) is 25.1 Å². The molecule has 3 rings (SSSR count). The predicted molar refractivity (Wildman–Crippen MR) is 78.7 cm³/mol. The maximum absolute atomic E-state index is 5.79. The molecule has 0 saturated carbocycles. The van der Waals surface area contributed by atoms with Crippen molar-refractivity contribution >= 4 is 5.69 Å². The molecule has 0 radical (unpaired) electrons. The van der Waals surface area contributed by atoms with E-state index in [4.69, 9.17) is 4.74 Å². The highest BCUT2D eigenvalue weighted by atomic mass is 16.5. The van der Waals surface area contributed by atoms with E-state index in [1.165, 1.54) is 30.5 Å². The molecule has 1 saturated heterocycles. The Morgan fingerprint density at radius 1 is 1.32 bits per heavy atom. The lowest BCUT2D eigenvalue weighted by atomic mass is 9.96. The van der Waals surface area contributed by atoms with Crippen LogP contribution in [0.3, 0.4) is 0 Å². The van der Waals surface area contributed by atoms with Gasteiger partial charge in [0, 0.05) is 31.4 Å². The van der Waals surface area contributed by atoms with E-state index in [-0.39, 0.29) is 0 Å². The van der Waals surface area contributed by atoms with Crippen molar-refractivity contribution in [2.45, 2.75) is 38.3 Å². The standard InChI is InChI=1S/C16H24N2O/c1-2-17-15-9-10-18(12-13-6-5-11-19-13)16-8-4-3-7-14(15)16/h3-4,7-8,13,15,17H,2,5-6,9-12H2,1H3. The van der Waals surface area contributed by atoms with E-state index in [2.05, 4.69) is 41.4 Å². The normalized spacial score (nSPS) is 26.5. The summed E-state index contributed by atoms with van der Waals surface area (Å²) in [5.74, 6) is 0. The van der Waals surface area contributed by atoms with Crippen LogP contribution in [0.25, 0.3) is 0 Å². The molecule has 1 fully saturated rings. The Hall–Kier alpha value is -1.06. The molecule has 0 aromatic heterocycles. The number of rotatable bonds is 4. The second kappa shape index (κ2) is 5.93. The van der Waals surface area contributed by atoms with E-state index >= 15 is 0 Å². The van der Waals surface area contributed by atoms with Crippen molar-refractivity contribution in [3.63, 3.8) is 0 Å². The minimum Gasteiger partial charge on any atom is -0.376 e. The minimum absolute atomic E-state index is 0.434. The number of hydrogen-bond acceptors (Lipinski definition) is 3. The third kappa shape index (κ3) is 2.77. The minimum atomic E-state index is 0.434. The quantitative estimate of drug-likeness (QED) is 0.901. The monoisotopic (exact) mass is 260 g/mol. The molecule has 3 nitrogen and oxygen atoms in total. The summed E-state index contributed by atoms with van der Waals surface area (Å²) in [7, 11) is 0. The molecule has 1 aromatic rings. The summed E-state index contributed by atoms with van der Waals surface area (Å²) in [5.41, 5.74) is 2.85. The molecule has 104 valence electrons. The first-order valence-corrected chi connectivity index (χ1v) is 7.57. The Morgan fingerprint density at radius 3 is 3.00 bits per heavy atom. The first kappa shape index (κ1) is 12.9. The Labute approximate surface area is 115 Å². The molecule has 0 spiro atoms. The van der Waals surface area contributed by atoms with Crippen LogP contribution in [0.15, 0.2) is 24.3 Å². The van der Waals surface area contributed by atoms with Crippen LogP contribution >= 0.6 is 0 Å². The van der Waals surface area contributed by atoms with Crippen LogP contribution in [0, 0.1) is 0 Å². The summed E-state index contributed by atoms with van der Waals surface area (Å²) >= 11 is 0. The van der Waals surface area contributed by atoms with Crippen molar-refractivity contribution in [2.24, 2.45) is 0 Å². The number of nitrogens with one attached hydrogen (secondary N) is 1. The summed E-state index contributed by atoms with van der Waals surface area (Å²) < 4.78 is 5.79. The van der Waals surface area contributed by atoms with Gasteiger partial charge in [-0.15, -0.1) is 0 Å². The van der Waals surface area contributed by atoms with E-state index in [9.17, 15) is 0 Å². The van der Waals surface area contributed by atoms with Gasteiger partial charge in [-0.25, -0.2) is 0 Å². The highest BCUT2D eigenvalue weighted by molar-refractivity contribution is 5.57. The molecule has 2 unspecified atom stereocenters. The molecule has 2 aliphatic heterocycles. The number of benzene rings is 1. The SMILES string of the molecule is CCNC1CCN(CC2CCCO2)c2ccccc21. The molecule has 2 aliphatic rings. The zero-order chi connectivity index (χ0) is 13.1. The Kier molecular flexibility index (Phi) is 4.04. The molecule has 1 N–H and O–H groups in total. The van der Waals surface area contributed by atoms with Gasteiger partial charge in [-0.2, -0.15) is 0 Å². The lowest BCUT2D eigenvalue weighted by Gasteiger charge is -2.37. The molecule has 1 aromatic carbocycles. The van der Waals surface area contributed by atoms with Gasteiger partial charge in [0.1, 0.15) is 0 Å². The first-order valence-electron chi connectivity index (χ1n) is 7.57. The summed E-state index contributed by atoms with van der Waals surface area (Å²) in [6.45, 7) is 6.34. The van der Waals surface area contributed by atoms with Gasteiger partial charge in [0.2, 0.25) is 0 Å². The molecule has 2 atom stereocenters. The average molecular weight is 260 g/mol. The average Bonchev–Trinajstić information content (AvgIpc) is 2.95. The number of anilines is 1. The number of ether oxygens (including phenoxy) is 1. The Balaban J connectivity index is 1.77. The summed E-state index contributed by atoms with van der Waals surface area (Å²) in [4.78, 5) is 2.51. The lowest BCUT2D eigenvalue weighted by Crippen LogP contribution is -2.39. The summed E-state index contributed by atoms with van der Waals surface area (Å²) in [6, 6.07) is 9.34. The van der Waals surface area contributed by atoms with Crippen LogP contribution in [0.1, 0.15) is 37.8 Å². The second-order valence-electron chi connectivity index (χ2n) is 5.54. The summed E-state index contributed by atoms with van der Waals surface area (Å²) in [5, 5.41) is 3.60. The molecule has 3 heteroatoms. The van der Waals surface area contributed by atoms with Gasteiger partial charge in [-0.3, -0.25) is 0 Å². The van der Waals surface area contributed by atoms with Crippen LogP contribution in [0.4, 0.5) is 5.69 Å². The lowest BCUT2D eigenvalue weighted by molar-refractivity contribution is 0.115. The zero-order valence-corrected chi connectivity index (χ0v) is 11.8. The smallest absolute Gasteiger partial charge is 0.0750 e. The summed E-state index contributed by atoms with van der Waals surface area (Å²) in [6.07, 6.45) is 4.07. The van der Waals surface area contributed by atoms with Crippen LogP contribution in [-0.4, -0.2) is 32.3 Å². The van der Waals surface area contributed by atoms with Gasteiger partial charge >= 0.3 is 0 Å². The van der Waals surface area contributed by atoms with Crippen molar-refractivity contribution < 1.29 is 4.74 Å². The van der Waals surface area contributed by atoms with E-state index in [0.29, 0.717) is 12.1 Å². The second-order valence-corrected chi connectivity index (χ2v) is 5.54. The number of para-hydroxylation sites is 1. The molecule has 19 heavy (non-hydrogen) atoms. The molecular weight excluding hydrogens is 236 g/mol. The third-order valence-electron chi connectivity index (χ3n) is 4.24. The van der Waals surface area contributed by atoms with Crippen LogP contribution in [0.5, 0.6) is 0 Å². The van der Waals surface area contributed by atoms with Gasteiger partial charge in [0.25, 0.3) is 0 Å². The maximum Gasteiger partial charge on any atom is 0.0750 e. The fourth-order valence-electron chi connectivity index (χ4n) is 3.31. The molecule has 0 aliphatic carbocycles. The first-order chi connectivity index (χ1) is 9.38. The van der Waals surface area contributed by atoms with Crippen molar-refractivity contribution in [3.05, 3.63) is 29.8 Å². The Bertz CT molecular complexity index is 415. The molecule has 0 amide bonds. The van der Waals surface area contributed by atoms with Crippen molar-refractivity contribution in [3.8, 4) is 0 Å². The highest BCUT2D eigenvalue weighted by Gasteiger charge is 2.27. The van der Waals surface area contributed by atoms with E-state index < -0.39 is 0 Å². The largest absolute Gasteiger partial charge is 0.376 e. The van der Waals surface area contributed by atoms with E-state index in [1.54, 1.807) is 0 Å². The molecular formula is C16H24N2O. The van der Waals surface area contributed by atoms with Crippen LogP contribution < -0.4 is 10.2 Å². The van der Waals surface area contributed by atoms with Crippen molar-refractivity contribution in [1.82, 2.24) is 5.32 Å². The van der Waals surface area contributed by atoms with Gasteiger partial charge < -0.3 is 15.0 Å². The Morgan fingerprint density at radius 2 is 2.21 bits per heavy atom. The third-order valence-corrected chi connectivity index (χ3v) is 4.24. The fraction of sp³-hybridized carbons (Fsp3) is 0.625.